The van der Waals surface area contributed by atoms with Crippen LogP contribution in [0, 0.1) is 25.2 Å². The Balaban J connectivity index is 0.00000261. The van der Waals surface area contributed by atoms with Crippen molar-refractivity contribution >= 4 is 29.9 Å². The molecule has 1 aromatic rings. The molecule has 1 saturated heterocycles. The summed E-state index contributed by atoms with van der Waals surface area (Å²) in [5.74, 6) is 2.79. The van der Waals surface area contributed by atoms with Crippen LogP contribution in [-0.2, 0) is 10.3 Å². The topological polar surface area (TPSA) is 79.0 Å². The second-order valence-corrected chi connectivity index (χ2v) is 8.57. The lowest BCUT2D eigenvalue weighted by atomic mass is 9.55. The summed E-state index contributed by atoms with van der Waals surface area (Å²) in [5.41, 5.74) is -0.156. The van der Waals surface area contributed by atoms with E-state index in [9.17, 15) is 5.11 Å². The molecule has 2 fully saturated rings. The number of furan rings is 1. The van der Waals surface area contributed by atoms with E-state index in [-0.39, 0.29) is 29.4 Å². The van der Waals surface area contributed by atoms with E-state index in [1.165, 1.54) is 6.42 Å². The van der Waals surface area contributed by atoms with E-state index >= 15 is 0 Å². The van der Waals surface area contributed by atoms with Crippen LogP contribution in [0.25, 0.3) is 0 Å². The van der Waals surface area contributed by atoms with Gasteiger partial charge in [0.1, 0.15) is 17.1 Å². The minimum atomic E-state index is -1.04. The van der Waals surface area contributed by atoms with Gasteiger partial charge in [-0.25, -0.2) is 0 Å². The number of aliphatic imine (C=N–C) groups is 1. The van der Waals surface area contributed by atoms with Gasteiger partial charge in [0.05, 0.1) is 12.6 Å². The van der Waals surface area contributed by atoms with Crippen LogP contribution in [0.1, 0.15) is 50.7 Å². The first-order valence-corrected chi connectivity index (χ1v) is 9.55. The summed E-state index contributed by atoms with van der Waals surface area (Å²) in [5, 5.41) is 17.7. The van der Waals surface area contributed by atoms with Gasteiger partial charge in [-0.05, 0) is 39.7 Å². The van der Waals surface area contributed by atoms with Crippen molar-refractivity contribution in [3.63, 3.8) is 0 Å². The quantitative estimate of drug-likeness (QED) is 0.343. The van der Waals surface area contributed by atoms with Gasteiger partial charge in [0.25, 0.3) is 0 Å². The number of fused-ring (bicyclic) bond motifs is 1. The highest BCUT2D eigenvalue weighted by Crippen LogP contribution is 2.51. The van der Waals surface area contributed by atoms with Crippen LogP contribution in [0.3, 0.4) is 0 Å². The molecule has 4 unspecified atom stereocenters. The molecule has 1 aliphatic carbocycles. The lowest BCUT2D eigenvalue weighted by Crippen LogP contribution is -2.71. The van der Waals surface area contributed by atoms with Crippen LogP contribution in [-0.4, -0.2) is 43.4 Å². The maximum Gasteiger partial charge on any atom is 0.191 e. The van der Waals surface area contributed by atoms with Crippen molar-refractivity contribution in [3.05, 3.63) is 23.2 Å². The fraction of sp³-hybridized carbons (Fsp3) is 0.750. The minimum Gasteiger partial charge on any atom is -0.466 e. The van der Waals surface area contributed by atoms with Gasteiger partial charge < -0.3 is 24.9 Å². The lowest BCUT2D eigenvalue weighted by molar-refractivity contribution is -0.188. The van der Waals surface area contributed by atoms with Crippen LogP contribution in [0.5, 0.6) is 0 Å². The van der Waals surface area contributed by atoms with Crippen molar-refractivity contribution in [1.29, 1.82) is 0 Å². The Kier molecular flexibility index (Phi) is 6.90. The van der Waals surface area contributed by atoms with Crippen molar-refractivity contribution in [2.24, 2.45) is 16.3 Å². The van der Waals surface area contributed by atoms with Crippen molar-refractivity contribution < 1.29 is 14.3 Å². The normalized spacial score (nSPS) is 29.0. The van der Waals surface area contributed by atoms with Crippen LogP contribution in [0.4, 0.5) is 0 Å². The molecule has 1 aliphatic heterocycles. The first-order valence-electron chi connectivity index (χ1n) is 9.55. The van der Waals surface area contributed by atoms with E-state index in [1.54, 1.807) is 14.0 Å². The molecule has 0 amide bonds. The number of nitrogens with zero attached hydrogens (tertiary/aromatic N) is 1. The molecule has 4 atom stereocenters. The Morgan fingerprint density at radius 2 is 2.11 bits per heavy atom. The summed E-state index contributed by atoms with van der Waals surface area (Å²) < 4.78 is 11.5. The van der Waals surface area contributed by atoms with E-state index in [0.717, 1.165) is 30.1 Å². The molecule has 2 aliphatic rings. The Morgan fingerprint density at radius 1 is 1.41 bits per heavy atom. The van der Waals surface area contributed by atoms with E-state index in [2.05, 4.69) is 29.5 Å². The molecular weight excluding hydrogens is 457 g/mol. The van der Waals surface area contributed by atoms with Gasteiger partial charge in [0.2, 0.25) is 0 Å². The molecule has 3 rings (SSSR count). The summed E-state index contributed by atoms with van der Waals surface area (Å²) in [6.45, 7) is 11.3. The molecule has 3 N–H and O–H groups in total. The summed E-state index contributed by atoms with van der Waals surface area (Å²) in [6, 6.07) is 2.22. The van der Waals surface area contributed by atoms with Gasteiger partial charge in [-0.1, -0.05) is 13.8 Å². The smallest absolute Gasteiger partial charge is 0.191 e. The van der Waals surface area contributed by atoms with Crippen LogP contribution in [0.15, 0.2) is 15.5 Å². The number of rotatable bonds is 4. The Morgan fingerprint density at radius 3 is 2.70 bits per heavy atom. The number of hydrogen-bond donors (Lipinski definition) is 3. The second-order valence-electron chi connectivity index (χ2n) is 8.57. The fourth-order valence-corrected chi connectivity index (χ4v) is 4.67. The highest BCUT2D eigenvalue weighted by atomic mass is 127. The molecule has 1 saturated carbocycles. The van der Waals surface area contributed by atoms with Crippen molar-refractivity contribution in [2.45, 2.75) is 65.2 Å². The van der Waals surface area contributed by atoms with Gasteiger partial charge in [-0.3, -0.25) is 4.99 Å². The molecule has 0 aromatic carbocycles. The Labute approximate surface area is 179 Å². The first-order chi connectivity index (χ1) is 12.2. The zero-order chi connectivity index (χ0) is 19.1. The Hall–Kier alpha value is -0.800. The minimum absolute atomic E-state index is 0. The van der Waals surface area contributed by atoms with Crippen molar-refractivity contribution in [3.8, 4) is 0 Å². The van der Waals surface area contributed by atoms with Gasteiger partial charge in [0.15, 0.2) is 5.96 Å². The number of aryl methyl sites for hydroxylation is 2. The van der Waals surface area contributed by atoms with Gasteiger partial charge in [0, 0.05) is 36.6 Å². The van der Waals surface area contributed by atoms with Crippen LogP contribution < -0.4 is 10.6 Å². The van der Waals surface area contributed by atoms with E-state index in [4.69, 9.17) is 9.15 Å². The molecule has 6 nitrogen and oxygen atoms in total. The van der Waals surface area contributed by atoms with Crippen LogP contribution in [0.2, 0.25) is 0 Å². The zero-order valence-electron chi connectivity index (χ0n) is 17.3. The Bertz CT molecular complexity index is 684. The second kappa shape index (κ2) is 8.29. The molecule has 1 aromatic heterocycles. The largest absolute Gasteiger partial charge is 0.466 e. The van der Waals surface area contributed by atoms with E-state index in [0.29, 0.717) is 30.6 Å². The van der Waals surface area contributed by atoms with Crippen molar-refractivity contribution in [1.82, 2.24) is 10.6 Å². The van der Waals surface area contributed by atoms with E-state index < -0.39 is 5.60 Å². The molecule has 154 valence electrons. The molecule has 0 bridgehead atoms. The molecular formula is C20H34IN3O3. The van der Waals surface area contributed by atoms with Crippen molar-refractivity contribution in [2.75, 3.05) is 20.2 Å². The molecule has 0 spiro atoms. The van der Waals surface area contributed by atoms with Gasteiger partial charge in [-0.2, -0.15) is 0 Å². The predicted octanol–water partition coefficient (Wildman–Crippen LogP) is 3.09. The maximum atomic E-state index is 10.9. The lowest BCUT2D eigenvalue weighted by Gasteiger charge is -2.60. The maximum absolute atomic E-state index is 10.9. The summed E-state index contributed by atoms with van der Waals surface area (Å²) >= 11 is 0. The summed E-state index contributed by atoms with van der Waals surface area (Å²) in [6.07, 6.45) is 2.63. The SMILES string of the molecule is CN=C(NCC(C)(O)c1cc(C)oc1C)NC1C2CCCOC2C1(C)C.I. The molecule has 2 heterocycles. The molecule has 0 radical (unpaired) electrons. The number of guanidine groups is 1. The number of ether oxygens (including phenoxy) is 1. The third kappa shape index (κ3) is 4.29. The van der Waals surface area contributed by atoms with E-state index in [1.807, 2.05) is 19.9 Å². The average molecular weight is 491 g/mol. The third-order valence-electron chi connectivity index (χ3n) is 6.07. The highest BCUT2D eigenvalue weighted by Gasteiger charge is 2.58. The zero-order valence-corrected chi connectivity index (χ0v) is 19.6. The summed E-state index contributed by atoms with van der Waals surface area (Å²) in [7, 11) is 1.76. The molecule has 7 heteroatoms. The highest BCUT2D eigenvalue weighted by molar-refractivity contribution is 14.0. The van der Waals surface area contributed by atoms with Crippen LogP contribution >= 0.6 is 24.0 Å². The predicted molar refractivity (Wildman–Crippen MR) is 118 cm³/mol. The fourth-order valence-electron chi connectivity index (χ4n) is 4.67. The van der Waals surface area contributed by atoms with Gasteiger partial charge >= 0.3 is 0 Å². The monoisotopic (exact) mass is 491 g/mol. The molecule has 27 heavy (non-hydrogen) atoms. The number of hydrogen-bond acceptors (Lipinski definition) is 4. The standard InChI is InChI=1S/C20H33N3O3.HI/c1-12-10-15(13(2)26-12)20(5,24)11-22-18(21-6)23-16-14-8-7-9-25-17(14)19(16,3)4;/h10,14,16-17,24H,7-9,11H2,1-6H3,(H2,21,22,23);1H. The number of halogens is 1. The van der Waals surface area contributed by atoms with Gasteiger partial charge in [-0.15, -0.1) is 24.0 Å². The first kappa shape index (κ1) is 22.5. The number of aliphatic hydroxyl groups is 1. The number of nitrogens with one attached hydrogen (secondary N) is 2. The average Bonchev–Trinajstić information content (AvgIpc) is 2.94. The summed E-state index contributed by atoms with van der Waals surface area (Å²) in [4.78, 5) is 4.36. The third-order valence-corrected chi connectivity index (χ3v) is 6.07.